The van der Waals surface area contributed by atoms with Crippen LogP contribution >= 0.6 is 0 Å². The van der Waals surface area contributed by atoms with E-state index in [-0.39, 0.29) is 5.97 Å². The van der Waals surface area contributed by atoms with Crippen molar-refractivity contribution in [2.75, 3.05) is 19.8 Å². The molecule has 0 bridgehead atoms. The summed E-state index contributed by atoms with van der Waals surface area (Å²) in [6.45, 7) is 13.0. The molecule has 10 heteroatoms. The number of nitrogens with zero attached hydrogens (tertiary/aromatic N) is 2. The van der Waals surface area contributed by atoms with Crippen LogP contribution in [0.4, 0.5) is 0 Å². The van der Waals surface area contributed by atoms with Crippen LogP contribution in [-0.2, 0) is 16.1 Å². The Labute approximate surface area is 319 Å². The van der Waals surface area contributed by atoms with Gasteiger partial charge in [0.05, 0.1) is 30.5 Å². The topological polar surface area (TPSA) is 106 Å². The van der Waals surface area contributed by atoms with Gasteiger partial charge in [-0.3, -0.25) is 0 Å². The molecular weight excluding hydrogens is 684 g/mol. The fourth-order valence-corrected chi connectivity index (χ4v) is 5.64. The first-order valence-electron chi connectivity index (χ1n) is 18.8. The molecule has 10 nitrogen and oxygen atoms in total. The second kappa shape index (κ2) is 22.4. The molecule has 0 aliphatic rings. The Balaban J connectivity index is 1.11. The zero-order chi connectivity index (χ0) is 38.5. The fraction of sp³-hybridized carbons (Fsp3) is 0.364. The Morgan fingerprint density at radius 1 is 0.630 bits per heavy atom. The number of hydrogen-bond donors (Lipinski definition) is 0. The largest absolute Gasteiger partial charge is 0.494 e. The highest BCUT2D eigenvalue weighted by molar-refractivity contribution is 5.92. The number of aromatic nitrogens is 2. The Kier molecular flexibility index (Phi) is 17.1. The summed E-state index contributed by atoms with van der Waals surface area (Å²) in [5, 5.41) is 0. The van der Waals surface area contributed by atoms with Gasteiger partial charge in [-0.15, -0.1) is 0 Å². The molecule has 4 aromatic rings. The van der Waals surface area contributed by atoms with Gasteiger partial charge in [-0.25, -0.2) is 23.5 Å². The molecule has 0 spiro atoms. The monoisotopic (exact) mass is 737 g/mol. The molecule has 3 aromatic carbocycles. The first-order valence-corrected chi connectivity index (χ1v) is 18.8. The minimum Gasteiger partial charge on any atom is -0.494 e. The van der Waals surface area contributed by atoms with Crippen molar-refractivity contribution in [1.29, 1.82) is 0 Å². The summed E-state index contributed by atoms with van der Waals surface area (Å²) in [6, 6.07) is 17.0. The molecule has 0 unspecified atom stereocenters. The zero-order valence-corrected chi connectivity index (χ0v) is 31.6. The van der Waals surface area contributed by atoms with E-state index in [1.165, 1.54) is 44.6 Å². The molecule has 0 aliphatic heterocycles. The number of carbonyl (C=O) groups excluding carboxylic acids is 3. The van der Waals surface area contributed by atoms with Crippen LogP contribution in [0.5, 0.6) is 23.0 Å². The Bertz CT molecular complexity index is 1810. The predicted molar refractivity (Wildman–Crippen MR) is 208 cm³/mol. The molecule has 0 saturated carbocycles. The summed E-state index contributed by atoms with van der Waals surface area (Å²) in [7, 11) is 0. The second-order valence-corrected chi connectivity index (χ2v) is 13.0. The Morgan fingerprint density at radius 3 is 1.56 bits per heavy atom. The van der Waals surface area contributed by atoms with E-state index in [0.29, 0.717) is 71.6 Å². The summed E-state index contributed by atoms with van der Waals surface area (Å²) in [6.07, 6.45) is 20.0. The highest BCUT2D eigenvalue weighted by Crippen LogP contribution is 2.30. The number of rotatable bonds is 24. The molecular formula is C44H53N2O8+. The second-order valence-electron chi connectivity index (χ2n) is 13.0. The molecule has 0 atom stereocenters. The van der Waals surface area contributed by atoms with Gasteiger partial charge in [0.25, 0.3) is 0 Å². The van der Waals surface area contributed by atoms with Crippen molar-refractivity contribution < 1.29 is 42.6 Å². The summed E-state index contributed by atoms with van der Waals surface area (Å²) >= 11 is 0. The summed E-state index contributed by atoms with van der Waals surface area (Å²) in [5.74, 6) is 0.799. The van der Waals surface area contributed by atoms with Crippen LogP contribution in [0.15, 0.2) is 98.6 Å². The van der Waals surface area contributed by atoms with E-state index < -0.39 is 11.9 Å². The van der Waals surface area contributed by atoms with Crippen molar-refractivity contribution in [1.82, 2.24) is 4.57 Å². The highest BCUT2D eigenvalue weighted by Gasteiger charge is 2.17. The first-order chi connectivity index (χ1) is 26.3. The van der Waals surface area contributed by atoms with Gasteiger partial charge in [-0.05, 0) is 98.5 Å². The van der Waals surface area contributed by atoms with Crippen LogP contribution in [0.3, 0.4) is 0 Å². The molecule has 4 rings (SSSR count). The maximum Gasteiger partial charge on any atom is 0.343 e. The molecule has 286 valence electrons. The zero-order valence-electron chi connectivity index (χ0n) is 31.6. The third-order valence-electron chi connectivity index (χ3n) is 9.03. The quantitative estimate of drug-likeness (QED) is 0.0231. The number of imidazole rings is 1. The molecule has 0 radical (unpaired) electrons. The van der Waals surface area contributed by atoms with Gasteiger partial charge >= 0.3 is 17.9 Å². The van der Waals surface area contributed by atoms with Gasteiger partial charge < -0.3 is 23.7 Å². The average molecular weight is 738 g/mol. The maximum absolute atomic E-state index is 13.0. The third-order valence-corrected chi connectivity index (χ3v) is 9.03. The van der Waals surface area contributed by atoms with Crippen molar-refractivity contribution in [3.05, 3.63) is 121 Å². The molecule has 0 saturated heterocycles. The summed E-state index contributed by atoms with van der Waals surface area (Å²) in [5.41, 5.74) is 2.18. The number of hydrogen-bond acceptors (Lipinski definition) is 8. The Morgan fingerprint density at radius 2 is 1.09 bits per heavy atom. The van der Waals surface area contributed by atoms with Crippen LogP contribution in [-0.4, -0.2) is 42.3 Å². The van der Waals surface area contributed by atoms with Crippen molar-refractivity contribution >= 4 is 24.1 Å². The van der Waals surface area contributed by atoms with Crippen LogP contribution < -0.4 is 23.5 Å². The van der Waals surface area contributed by atoms with Crippen molar-refractivity contribution in [3.63, 3.8) is 0 Å². The lowest BCUT2D eigenvalue weighted by molar-refractivity contribution is -0.696. The Hall–Kier alpha value is -5.64. The van der Waals surface area contributed by atoms with Gasteiger partial charge in [0.1, 0.15) is 48.5 Å². The number of benzene rings is 3. The van der Waals surface area contributed by atoms with Crippen LogP contribution in [0.1, 0.15) is 96.1 Å². The van der Waals surface area contributed by atoms with Crippen molar-refractivity contribution in [2.45, 2.75) is 84.6 Å². The van der Waals surface area contributed by atoms with Crippen molar-refractivity contribution in [2.24, 2.45) is 0 Å². The molecule has 0 amide bonds. The summed E-state index contributed by atoms with van der Waals surface area (Å²) in [4.78, 5) is 36.9. The van der Waals surface area contributed by atoms with Crippen LogP contribution in [0, 0.1) is 13.8 Å². The van der Waals surface area contributed by atoms with E-state index in [0.717, 1.165) is 25.7 Å². The normalized spacial score (nSPS) is 10.7. The number of unbranched alkanes of at least 4 members (excludes halogenated alkanes) is 9. The van der Waals surface area contributed by atoms with E-state index in [1.807, 2.05) is 41.7 Å². The molecule has 0 aliphatic carbocycles. The van der Waals surface area contributed by atoms with Crippen LogP contribution in [0.2, 0.25) is 0 Å². The summed E-state index contributed by atoms with van der Waals surface area (Å²) < 4.78 is 31.9. The maximum atomic E-state index is 13.0. The fourth-order valence-electron chi connectivity index (χ4n) is 5.64. The molecule has 0 fully saturated rings. The minimum absolute atomic E-state index is 0.348. The molecule has 1 heterocycles. The van der Waals surface area contributed by atoms with Gasteiger partial charge in [0, 0.05) is 6.08 Å². The number of ether oxygens (including phenoxy) is 5. The smallest absolute Gasteiger partial charge is 0.343 e. The molecule has 1 aromatic heterocycles. The van der Waals surface area contributed by atoms with E-state index in [9.17, 15) is 14.4 Å². The van der Waals surface area contributed by atoms with Crippen LogP contribution in [0.25, 0.3) is 6.20 Å². The van der Waals surface area contributed by atoms with E-state index >= 15 is 0 Å². The molecule has 0 N–H and O–H groups in total. The lowest BCUT2D eigenvalue weighted by atomic mass is 10.1. The van der Waals surface area contributed by atoms with Gasteiger partial charge in [-0.1, -0.05) is 64.5 Å². The lowest BCUT2D eigenvalue weighted by Gasteiger charge is -2.14. The number of esters is 3. The standard InChI is InChI=1S/C44H53N2O8/c1-5-42(47)52-31-16-14-12-10-8-7-9-11-13-15-30-50-38-21-17-36(18-22-38)43(48)53-40-25-26-41(35(4)34(40)3)54-44(49)37-19-23-39(24-20-37)51-32-29-46-28-27-45(6-2)33-46/h5-6,17-28,33H,1-2,7-16,29-32H2,3-4H3/q+1. The van der Waals surface area contributed by atoms with Gasteiger partial charge in [0.15, 0.2) is 0 Å². The lowest BCUT2D eigenvalue weighted by Crippen LogP contribution is -2.34. The first kappa shape index (κ1) is 41.1. The minimum atomic E-state index is -0.501. The predicted octanol–water partition coefficient (Wildman–Crippen LogP) is 9.02. The molecule has 54 heavy (non-hydrogen) atoms. The SMILES string of the molecule is C=CC(=O)OCCCCCCCCCCCCOc1ccc(C(=O)Oc2ccc(OC(=O)c3ccc(OCC[n+]4ccn(C=C)c4)cc3)c(C)c2C)cc1. The number of carbonyl (C=O) groups is 3. The van der Waals surface area contributed by atoms with E-state index in [1.54, 1.807) is 66.9 Å². The van der Waals surface area contributed by atoms with E-state index in [2.05, 4.69) is 13.2 Å². The van der Waals surface area contributed by atoms with Gasteiger partial charge in [0.2, 0.25) is 6.33 Å². The van der Waals surface area contributed by atoms with E-state index in [4.69, 9.17) is 23.7 Å². The van der Waals surface area contributed by atoms with Gasteiger partial charge in [-0.2, -0.15) is 0 Å². The van der Waals surface area contributed by atoms with Crippen molar-refractivity contribution in [3.8, 4) is 23.0 Å². The highest BCUT2D eigenvalue weighted by atomic mass is 16.5. The third kappa shape index (κ3) is 13.7. The average Bonchev–Trinajstić information content (AvgIpc) is 3.66.